The van der Waals surface area contributed by atoms with Crippen molar-refractivity contribution in [2.45, 2.75) is 45.1 Å². The first kappa shape index (κ1) is 25.7. The minimum atomic E-state index is -1.76. The van der Waals surface area contributed by atoms with Gasteiger partial charge in [-0.2, -0.15) is 0 Å². The Morgan fingerprint density at radius 1 is 0.944 bits per heavy atom. The predicted octanol–water partition coefficient (Wildman–Crippen LogP) is 2.89. The molecular formula is C26H31N3O6S. The van der Waals surface area contributed by atoms with Crippen LogP contribution >= 0.6 is 0 Å². The predicted molar refractivity (Wildman–Crippen MR) is 138 cm³/mol. The molecule has 1 aliphatic carbocycles. The number of ether oxygens (including phenoxy) is 2. The average Bonchev–Trinajstić information content (AvgIpc) is 3.31. The molecule has 0 unspecified atom stereocenters. The van der Waals surface area contributed by atoms with E-state index in [2.05, 4.69) is 10.6 Å². The lowest BCUT2D eigenvalue weighted by Crippen LogP contribution is -2.46. The number of carbonyl (C=O) groups is 3. The Bertz CT molecular complexity index is 1130. The highest BCUT2D eigenvalue weighted by atomic mass is 32.2. The van der Waals surface area contributed by atoms with Gasteiger partial charge in [-0.25, -0.2) is 0 Å². The summed E-state index contributed by atoms with van der Waals surface area (Å²) in [6, 6.07) is 12.3. The minimum absolute atomic E-state index is 0.120. The van der Waals surface area contributed by atoms with Crippen molar-refractivity contribution in [3.05, 3.63) is 48.0 Å². The van der Waals surface area contributed by atoms with Crippen LogP contribution in [0.4, 0.5) is 11.4 Å². The first-order chi connectivity index (χ1) is 17.4. The van der Waals surface area contributed by atoms with Crippen molar-refractivity contribution < 1.29 is 28.1 Å². The van der Waals surface area contributed by atoms with Gasteiger partial charge < -0.3 is 25.0 Å². The monoisotopic (exact) mass is 513 g/mol. The van der Waals surface area contributed by atoms with Crippen molar-refractivity contribution in [3.8, 4) is 11.5 Å². The van der Waals surface area contributed by atoms with Crippen LogP contribution < -0.4 is 25.0 Å². The third-order valence-corrected chi connectivity index (χ3v) is 7.30. The summed E-state index contributed by atoms with van der Waals surface area (Å²) in [7, 11) is -1.76. The number of hydrogen-bond acceptors (Lipinski definition) is 6. The maximum absolute atomic E-state index is 13.1. The third kappa shape index (κ3) is 7.07. The quantitative estimate of drug-likeness (QED) is 0.533. The number of nitrogens with one attached hydrogen (secondary N) is 2. The Hall–Kier alpha value is -3.40. The molecule has 2 aromatic rings. The van der Waals surface area contributed by atoms with Gasteiger partial charge in [0.1, 0.15) is 18.1 Å². The summed E-state index contributed by atoms with van der Waals surface area (Å²) in [5.41, 5.74) is 2.04. The average molecular weight is 514 g/mol. The van der Waals surface area contributed by atoms with Gasteiger partial charge in [-0.15, -0.1) is 0 Å². The molecule has 4 rings (SSSR count). The van der Waals surface area contributed by atoms with Crippen molar-refractivity contribution >= 4 is 39.9 Å². The maximum Gasteiger partial charge on any atom is 0.240 e. The second-order valence-corrected chi connectivity index (χ2v) is 10.5. The zero-order chi connectivity index (χ0) is 25.5. The number of hydrogen-bond donors (Lipinski definition) is 2. The highest BCUT2D eigenvalue weighted by Crippen LogP contribution is 2.34. The smallest absolute Gasteiger partial charge is 0.240 e. The third-order valence-electron chi connectivity index (χ3n) is 6.15. The molecule has 2 aliphatic rings. The molecule has 1 saturated carbocycles. The summed E-state index contributed by atoms with van der Waals surface area (Å²) in [5, 5.41) is 5.69. The number of nitrogens with zero attached hydrogens (tertiary/aromatic N) is 1. The van der Waals surface area contributed by atoms with E-state index in [4.69, 9.17) is 9.47 Å². The normalized spacial score (nSPS) is 15.7. The Balaban J connectivity index is 1.35. The standard InChI is InChI=1S/C26H31N3O6S/c1-18-7-10-21(11-8-18)29(14-24(30)27-19-5-3-2-4-6-19)26(32)16-36(33)15-25(31)28-20-9-12-22-23(13-20)35-17-34-22/h7-13,19H,2-6,14-17H2,1H3,(H,27,30)(H,28,31)/t36-/m1/s1. The molecule has 1 fully saturated rings. The van der Waals surface area contributed by atoms with E-state index in [1.165, 1.54) is 11.3 Å². The second kappa shape index (κ2) is 12.0. The van der Waals surface area contributed by atoms with Crippen molar-refractivity contribution in [1.29, 1.82) is 0 Å². The van der Waals surface area contributed by atoms with Gasteiger partial charge >= 0.3 is 0 Å². The van der Waals surface area contributed by atoms with Crippen LogP contribution in [-0.4, -0.2) is 52.8 Å². The van der Waals surface area contributed by atoms with Crippen LogP contribution in [0.25, 0.3) is 0 Å². The van der Waals surface area contributed by atoms with Gasteiger partial charge in [0.2, 0.25) is 24.5 Å². The van der Waals surface area contributed by atoms with Gasteiger partial charge in [0.15, 0.2) is 11.5 Å². The lowest BCUT2D eigenvalue weighted by Gasteiger charge is -2.26. The molecule has 3 amide bonds. The van der Waals surface area contributed by atoms with Crippen molar-refractivity contribution in [3.63, 3.8) is 0 Å². The highest BCUT2D eigenvalue weighted by molar-refractivity contribution is 7.86. The van der Waals surface area contributed by atoms with Crippen LogP contribution in [0, 0.1) is 6.92 Å². The second-order valence-electron chi connectivity index (χ2n) is 9.06. The lowest BCUT2D eigenvalue weighted by molar-refractivity contribution is -0.123. The fraction of sp³-hybridized carbons (Fsp3) is 0.423. The summed E-state index contributed by atoms with van der Waals surface area (Å²) in [6.07, 6.45) is 5.21. The van der Waals surface area contributed by atoms with Gasteiger partial charge in [0, 0.05) is 34.3 Å². The summed E-state index contributed by atoms with van der Waals surface area (Å²) in [4.78, 5) is 39.6. The van der Waals surface area contributed by atoms with E-state index in [0.717, 1.165) is 31.2 Å². The fourth-order valence-corrected chi connectivity index (χ4v) is 5.19. The molecule has 36 heavy (non-hydrogen) atoms. The van der Waals surface area contributed by atoms with Gasteiger partial charge in [-0.05, 0) is 44.0 Å². The first-order valence-corrected chi connectivity index (χ1v) is 13.6. The first-order valence-electron chi connectivity index (χ1n) is 12.1. The van der Waals surface area contributed by atoms with E-state index in [9.17, 15) is 18.6 Å². The van der Waals surface area contributed by atoms with E-state index in [0.29, 0.717) is 22.9 Å². The van der Waals surface area contributed by atoms with Crippen LogP contribution in [0.2, 0.25) is 0 Å². The Labute approximate surface area is 213 Å². The van der Waals surface area contributed by atoms with Crippen molar-refractivity contribution in [1.82, 2.24) is 5.32 Å². The molecule has 1 atom stereocenters. The molecule has 0 radical (unpaired) electrons. The zero-order valence-corrected chi connectivity index (χ0v) is 21.1. The summed E-state index contributed by atoms with van der Waals surface area (Å²) in [6.45, 7) is 1.88. The van der Waals surface area contributed by atoms with E-state index >= 15 is 0 Å². The zero-order valence-electron chi connectivity index (χ0n) is 20.3. The topological polar surface area (TPSA) is 114 Å². The van der Waals surface area contributed by atoms with Gasteiger partial charge in [-0.3, -0.25) is 18.6 Å². The van der Waals surface area contributed by atoms with Crippen LogP contribution in [0.15, 0.2) is 42.5 Å². The van der Waals surface area contributed by atoms with Gasteiger partial charge in [-0.1, -0.05) is 37.0 Å². The molecular weight excluding hydrogens is 482 g/mol. The van der Waals surface area contributed by atoms with Crippen LogP contribution in [0.5, 0.6) is 11.5 Å². The molecule has 0 bridgehead atoms. The highest BCUT2D eigenvalue weighted by Gasteiger charge is 2.24. The number of amides is 3. The molecule has 2 aromatic carbocycles. The molecule has 9 nitrogen and oxygen atoms in total. The van der Waals surface area contributed by atoms with Crippen LogP contribution in [-0.2, 0) is 25.2 Å². The minimum Gasteiger partial charge on any atom is -0.454 e. The fourth-order valence-electron chi connectivity index (χ4n) is 4.30. The van der Waals surface area contributed by atoms with Crippen molar-refractivity contribution in [2.24, 2.45) is 0 Å². The van der Waals surface area contributed by atoms with Gasteiger partial charge in [0.25, 0.3) is 0 Å². The molecule has 0 aromatic heterocycles. The molecule has 10 heteroatoms. The number of aryl methyl sites for hydroxylation is 1. The Kier molecular flexibility index (Phi) is 8.58. The number of anilines is 2. The van der Waals surface area contributed by atoms with E-state index in [1.54, 1.807) is 30.3 Å². The molecule has 192 valence electrons. The Morgan fingerprint density at radius 3 is 2.42 bits per heavy atom. The molecule has 1 heterocycles. The van der Waals surface area contributed by atoms with Crippen LogP contribution in [0.3, 0.4) is 0 Å². The largest absolute Gasteiger partial charge is 0.454 e. The number of carbonyl (C=O) groups excluding carboxylic acids is 3. The Morgan fingerprint density at radius 2 is 1.67 bits per heavy atom. The van der Waals surface area contributed by atoms with Gasteiger partial charge in [0.05, 0.1) is 0 Å². The number of fused-ring (bicyclic) bond motifs is 1. The number of rotatable bonds is 9. The van der Waals surface area contributed by atoms with E-state index in [1.807, 2.05) is 19.1 Å². The molecule has 0 saturated heterocycles. The van der Waals surface area contributed by atoms with Crippen LogP contribution in [0.1, 0.15) is 37.7 Å². The van der Waals surface area contributed by atoms with Crippen molar-refractivity contribution in [2.75, 3.05) is 35.1 Å². The number of benzene rings is 2. The maximum atomic E-state index is 13.1. The molecule has 1 aliphatic heterocycles. The SMILES string of the molecule is Cc1ccc(N(CC(=O)NC2CCCCC2)C(=O)C[S@](=O)CC(=O)Nc2ccc3c(c2)OCO3)cc1. The van der Waals surface area contributed by atoms with E-state index < -0.39 is 22.6 Å². The lowest BCUT2D eigenvalue weighted by atomic mass is 9.95. The summed E-state index contributed by atoms with van der Waals surface area (Å²) < 4.78 is 23.2. The molecule has 0 spiro atoms. The molecule has 2 N–H and O–H groups in total. The van der Waals surface area contributed by atoms with E-state index in [-0.39, 0.29) is 36.8 Å². The summed E-state index contributed by atoms with van der Waals surface area (Å²) in [5.74, 6) is -0.837. The summed E-state index contributed by atoms with van der Waals surface area (Å²) >= 11 is 0.